The maximum absolute atomic E-state index is 11.1. The summed E-state index contributed by atoms with van der Waals surface area (Å²) in [5.74, 6) is 0.497. The molecule has 4 nitrogen and oxygen atoms in total. The van der Waals surface area contributed by atoms with Gasteiger partial charge in [0.15, 0.2) is 0 Å². The van der Waals surface area contributed by atoms with E-state index in [1.165, 1.54) is 20.0 Å². The molecule has 4 unspecified atom stereocenters. The highest BCUT2D eigenvalue weighted by molar-refractivity contribution is 5.68. The zero-order valence-electron chi connectivity index (χ0n) is 16.9. The van der Waals surface area contributed by atoms with Gasteiger partial charge >= 0.3 is 5.97 Å². The lowest BCUT2D eigenvalue weighted by atomic mass is 9.82. The molecule has 1 aliphatic rings. The maximum Gasteiger partial charge on any atom is 0.305 e. The summed E-state index contributed by atoms with van der Waals surface area (Å²) in [7, 11) is 1.43. The van der Waals surface area contributed by atoms with Crippen LogP contribution in [0.1, 0.15) is 90.4 Å². The molecule has 0 saturated heterocycles. The van der Waals surface area contributed by atoms with Crippen LogP contribution < -0.4 is 0 Å². The van der Waals surface area contributed by atoms with Crippen molar-refractivity contribution in [3.05, 3.63) is 12.2 Å². The van der Waals surface area contributed by atoms with Crippen LogP contribution in [0.2, 0.25) is 0 Å². The van der Waals surface area contributed by atoms with Crippen LogP contribution in [0.15, 0.2) is 12.2 Å². The fourth-order valence-corrected chi connectivity index (χ4v) is 4.24. The molecule has 1 saturated carbocycles. The molecule has 4 heteroatoms. The summed E-state index contributed by atoms with van der Waals surface area (Å²) < 4.78 is 4.65. The van der Waals surface area contributed by atoms with E-state index in [1.54, 1.807) is 0 Å². The lowest BCUT2D eigenvalue weighted by Crippen LogP contribution is -2.22. The minimum absolute atomic E-state index is 0.134. The highest BCUT2D eigenvalue weighted by atomic mass is 16.5. The van der Waals surface area contributed by atoms with E-state index in [0.717, 1.165) is 63.4 Å². The van der Waals surface area contributed by atoms with Gasteiger partial charge < -0.3 is 14.9 Å². The van der Waals surface area contributed by atoms with Crippen molar-refractivity contribution in [2.75, 3.05) is 7.11 Å². The number of ether oxygens (including phenoxy) is 1. The number of rotatable bonds is 14. The molecule has 152 valence electrons. The summed E-state index contributed by atoms with van der Waals surface area (Å²) in [4.78, 5) is 11.1. The Morgan fingerprint density at radius 3 is 2.58 bits per heavy atom. The van der Waals surface area contributed by atoms with Crippen LogP contribution in [0.4, 0.5) is 0 Å². The third-order valence-electron chi connectivity index (χ3n) is 5.84. The van der Waals surface area contributed by atoms with Gasteiger partial charge in [0, 0.05) is 6.42 Å². The first-order valence-corrected chi connectivity index (χ1v) is 10.6. The van der Waals surface area contributed by atoms with E-state index in [1.807, 2.05) is 0 Å². The smallest absolute Gasteiger partial charge is 0.305 e. The van der Waals surface area contributed by atoms with Crippen LogP contribution in [-0.4, -0.2) is 35.5 Å². The molecular weight excluding hydrogens is 328 g/mol. The lowest BCUT2D eigenvalue weighted by Gasteiger charge is -2.25. The van der Waals surface area contributed by atoms with Crippen molar-refractivity contribution in [1.29, 1.82) is 0 Å². The third kappa shape index (κ3) is 8.68. The molecule has 0 amide bonds. The van der Waals surface area contributed by atoms with Gasteiger partial charge in [0.05, 0.1) is 19.3 Å². The predicted octanol–water partition coefficient (Wildman–Crippen LogP) is 4.77. The van der Waals surface area contributed by atoms with E-state index in [4.69, 9.17) is 0 Å². The summed E-state index contributed by atoms with van der Waals surface area (Å²) in [6.45, 7) is 6.43. The van der Waals surface area contributed by atoms with Gasteiger partial charge in [-0.3, -0.25) is 4.79 Å². The summed E-state index contributed by atoms with van der Waals surface area (Å²) in [5, 5.41) is 20.6. The summed E-state index contributed by atoms with van der Waals surface area (Å²) >= 11 is 0. The third-order valence-corrected chi connectivity index (χ3v) is 5.84. The fourth-order valence-electron chi connectivity index (χ4n) is 4.24. The number of aliphatic hydroxyl groups is 2. The van der Waals surface area contributed by atoms with E-state index >= 15 is 0 Å². The number of carbonyl (C=O) groups excluding carboxylic acids is 1. The monoisotopic (exact) mass is 368 g/mol. The molecular formula is C22H40O4. The first-order chi connectivity index (χ1) is 12.5. The number of hydrogen-bond donors (Lipinski definition) is 2. The topological polar surface area (TPSA) is 66.8 Å². The first kappa shape index (κ1) is 23.2. The standard InChI is InChI=1S/C22H40O4/c1-4-5-8-11-18(23)16-17(2)19-14-15-21(24)20(19)12-9-6-7-10-13-22(25)26-3/h18-21,23-24H,2,4-16H2,1,3H3. The Hall–Kier alpha value is -0.870. The van der Waals surface area contributed by atoms with Crippen molar-refractivity contribution >= 4 is 5.97 Å². The Morgan fingerprint density at radius 2 is 1.88 bits per heavy atom. The maximum atomic E-state index is 11.1. The SMILES string of the molecule is C=C(CC(O)CCCCC)C1CCC(O)C1CCCCCCC(=O)OC. The van der Waals surface area contributed by atoms with Gasteiger partial charge in [0.1, 0.15) is 0 Å². The Morgan fingerprint density at radius 1 is 1.15 bits per heavy atom. The number of unbranched alkanes of at least 4 members (excludes halogenated alkanes) is 5. The van der Waals surface area contributed by atoms with Crippen LogP contribution in [0.25, 0.3) is 0 Å². The van der Waals surface area contributed by atoms with E-state index < -0.39 is 0 Å². The van der Waals surface area contributed by atoms with E-state index in [2.05, 4.69) is 18.2 Å². The summed E-state index contributed by atoms with van der Waals surface area (Å²) in [6, 6.07) is 0. The van der Waals surface area contributed by atoms with Crippen molar-refractivity contribution in [2.45, 2.75) is 103 Å². The van der Waals surface area contributed by atoms with Gasteiger partial charge in [-0.1, -0.05) is 57.6 Å². The highest BCUT2D eigenvalue weighted by Crippen LogP contribution is 2.41. The average Bonchev–Trinajstić information content (AvgIpc) is 2.98. The second-order valence-corrected chi connectivity index (χ2v) is 7.96. The number of aliphatic hydroxyl groups excluding tert-OH is 2. The molecule has 4 atom stereocenters. The number of esters is 1. The molecule has 0 spiro atoms. The van der Waals surface area contributed by atoms with Crippen LogP contribution in [0.5, 0.6) is 0 Å². The molecule has 0 aromatic carbocycles. The molecule has 0 bridgehead atoms. The first-order valence-electron chi connectivity index (χ1n) is 10.6. The molecule has 2 N–H and O–H groups in total. The van der Waals surface area contributed by atoms with Crippen molar-refractivity contribution in [1.82, 2.24) is 0 Å². The van der Waals surface area contributed by atoms with Crippen LogP contribution in [0, 0.1) is 11.8 Å². The van der Waals surface area contributed by atoms with Gasteiger partial charge in [0.25, 0.3) is 0 Å². The predicted molar refractivity (Wildman–Crippen MR) is 106 cm³/mol. The van der Waals surface area contributed by atoms with Crippen molar-refractivity contribution in [3.63, 3.8) is 0 Å². The van der Waals surface area contributed by atoms with Crippen molar-refractivity contribution in [2.24, 2.45) is 11.8 Å². The lowest BCUT2D eigenvalue weighted by molar-refractivity contribution is -0.140. The molecule has 1 rings (SSSR count). The van der Waals surface area contributed by atoms with Crippen LogP contribution in [-0.2, 0) is 9.53 Å². The van der Waals surface area contributed by atoms with Crippen molar-refractivity contribution < 1.29 is 19.7 Å². The molecule has 0 aromatic rings. The Labute approximate surface area is 160 Å². The van der Waals surface area contributed by atoms with Gasteiger partial charge in [-0.2, -0.15) is 0 Å². The number of methoxy groups -OCH3 is 1. The summed E-state index contributed by atoms with van der Waals surface area (Å²) in [6.07, 6.45) is 11.8. The minimum atomic E-state index is -0.286. The molecule has 1 aliphatic carbocycles. The Kier molecular flexibility index (Phi) is 11.9. The highest BCUT2D eigenvalue weighted by Gasteiger charge is 2.36. The second kappa shape index (κ2) is 13.3. The number of hydrogen-bond acceptors (Lipinski definition) is 4. The normalized spacial score (nSPS) is 23.8. The molecule has 0 aromatic heterocycles. The molecule has 0 aliphatic heterocycles. The number of carbonyl (C=O) groups is 1. The van der Waals surface area contributed by atoms with Crippen LogP contribution >= 0.6 is 0 Å². The molecule has 0 heterocycles. The zero-order chi connectivity index (χ0) is 19.4. The van der Waals surface area contributed by atoms with E-state index in [9.17, 15) is 15.0 Å². The van der Waals surface area contributed by atoms with E-state index in [-0.39, 0.29) is 24.1 Å². The van der Waals surface area contributed by atoms with Crippen molar-refractivity contribution in [3.8, 4) is 0 Å². The second-order valence-electron chi connectivity index (χ2n) is 7.96. The van der Waals surface area contributed by atoms with Crippen LogP contribution in [0.3, 0.4) is 0 Å². The molecule has 1 fully saturated rings. The average molecular weight is 369 g/mol. The molecule has 0 radical (unpaired) electrons. The zero-order valence-corrected chi connectivity index (χ0v) is 16.9. The van der Waals surface area contributed by atoms with Gasteiger partial charge in [-0.15, -0.1) is 0 Å². The molecule has 26 heavy (non-hydrogen) atoms. The largest absolute Gasteiger partial charge is 0.469 e. The Bertz CT molecular complexity index is 407. The van der Waals surface area contributed by atoms with Gasteiger partial charge in [0.2, 0.25) is 0 Å². The minimum Gasteiger partial charge on any atom is -0.469 e. The summed E-state index contributed by atoms with van der Waals surface area (Å²) in [5.41, 5.74) is 1.13. The van der Waals surface area contributed by atoms with Gasteiger partial charge in [-0.25, -0.2) is 0 Å². The Balaban J connectivity index is 2.29. The van der Waals surface area contributed by atoms with Gasteiger partial charge in [-0.05, 0) is 50.4 Å². The van der Waals surface area contributed by atoms with E-state index in [0.29, 0.717) is 18.8 Å². The quantitative estimate of drug-likeness (QED) is 0.263. The fraction of sp³-hybridized carbons (Fsp3) is 0.864.